The Bertz CT molecular complexity index is 380. The lowest BCUT2D eigenvalue weighted by Crippen LogP contribution is -2.35. The number of fused-ring (bicyclic) bond motifs is 1. The summed E-state index contributed by atoms with van der Waals surface area (Å²) in [6.07, 6.45) is 0. The zero-order valence-electron chi connectivity index (χ0n) is 10.7. The van der Waals surface area contributed by atoms with Crippen LogP contribution in [-0.4, -0.2) is 17.1 Å². The van der Waals surface area contributed by atoms with Gasteiger partial charge in [0.15, 0.2) is 0 Å². The Hall–Kier alpha value is -0.670. The van der Waals surface area contributed by atoms with E-state index < -0.39 is 0 Å². The van der Waals surface area contributed by atoms with E-state index in [1.54, 1.807) is 0 Å². The number of rotatable bonds is 3. The fourth-order valence-electron chi connectivity index (χ4n) is 1.92. The number of para-hydroxylation sites is 1. The zero-order valence-corrected chi connectivity index (χ0v) is 11.5. The first-order valence-corrected chi connectivity index (χ1v) is 7.16. The van der Waals surface area contributed by atoms with Gasteiger partial charge in [0.2, 0.25) is 0 Å². The van der Waals surface area contributed by atoms with Crippen LogP contribution in [0.5, 0.6) is 5.75 Å². The Kier molecular flexibility index (Phi) is 4.00. The smallest absolute Gasteiger partial charge is 0.124 e. The molecule has 1 aliphatic heterocycles. The first-order valence-electron chi connectivity index (χ1n) is 6.22. The molecule has 3 heteroatoms. The molecule has 2 nitrogen and oxygen atoms in total. The Morgan fingerprint density at radius 3 is 2.71 bits per heavy atom. The molecule has 17 heavy (non-hydrogen) atoms. The summed E-state index contributed by atoms with van der Waals surface area (Å²) in [6, 6.07) is 8.19. The topological polar surface area (TPSA) is 35.2 Å². The van der Waals surface area contributed by atoms with Gasteiger partial charge in [-0.1, -0.05) is 39.0 Å². The SMILES string of the molecule is CC(C)C(C)SC1COc2ccccc2C1N. The van der Waals surface area contributed by atoms with Crippen molar-refractivity contribution >= 4 is 11.8 Å². The van der Waals surface area contributed by atoms with Crippen LogP contribution < -0.4 is 10.5 Å². The van der Waals surface area contributed by atoms with Crippen molar-refractivity contribution in [3.05, 3.63) is 29.8 Å². The monoisotopic (exact) mass is 251 g/mol. The van der Waals surface area contributed by atoms with E-state index >= 15 is 0 Å². The molecule has 0 bridgehead atoms. The van der Waals surface area contributed by atoms with Crippen LogP contribution in [0.15, 0.2) is 24.3 Å². The van der Waals surface area contributed by atoms with Gasteiger partial charge < -0.3 is 10.5 Å². The van der Waals surface area contributed by atoms with E-state index in [1.165, 1.54) is 0 Å². The standard InChI is InChI=1S/C14H21NOS/c1-9(2)10(3)17-13-8-16-12-7-5-4-6-11(12)14(13)15/h4-7,9-10,13-14H,8,15H2,1-3H3. The van der Waals surface area contributed by atoms with Gasteiger partial charge in [-0.25, -0.2) is 0 Å². The van der Waals surface area contributed by atoms with Crippen LogP contribution in [0.25, 0.3) is 0 Å². The molecule has 3 atom stereocenters. The molecule has 0 radical (unpaired) electrons. The van der Waals surface area contributed by atoms with Gasteiger partial charge in [0.1, 0.15) is 12.4 Å². The van der Waals surface area contributed by atoms with Crippen LogP contribution in [0.3, 0.4) is 0 Å². The number of thioether (sulfide) groups is 1. The summed E-state index contributed by atoms with van der Waals surface area (Å²) in [5.74, 6) is 1.62. The summed E-state index contributed by atoms with van der Waals surface area (Å²) < 4.78 is 5.79. The van der Waals surface area contributed by atoms with Gasteiger partial charge in [0.05, 0.1) is 5.25 Å². The third kappa shape index (κ3) is 2.78. The molecule has 1 aromatic carbocycles. The highest BCUT2D eigenvalue weighted by Gasteiger charge is 2.30. The summed E-state index contributed by atoms with van der Waals surface area (Å²) in [5, 5.41) is 0.974. The zero-order chi connectivity index (χ0) is 12.4. The lowest BCUT2D eigenvalue weighted by Gasteiger charge is -2.33. The molecule has 3 unspecified atom stereocenters. The van der Waals surface area contributed by atoms with Crippen molar-refractivity contribution in [1.29, 1.82) is 0 Å². The molecule has 1 heterocycles. The Balaban J connectivity index is 2.09. The van der Waals surface area contributed by atoms with E-state index in [1.807, 2.05) is 30.0 Å². The third-order valence-electron chi connectivity index (χ3n) is 3.41. The molecule has 1 aromatic rings. The van der Waals surface area contributed by atoms with Gasteiger partial charge in [-0.3, -0.25) is 0 Å². The maximum atomic E-state index is 6.34. The number of hydrogen-bond donors (Lipinski definition) is 1. The van der Waals surface area contributed by atoms with Gasteiger partial charge in [-0.15, -0.1) is 11.8 Å². The fourth-order valence-corrected chi connectivity index (χ4v) is 3.25. The van der Waals surface area contributed by atoms with Crippen LogP contribution in [0, 0.1) is 5.92 Å². The van der Waals surface area contributed by atoms with E-state index in [-0.39, 0.29) is 6.04 Å². The minimum absolute atomic E-state index is 0.0890. The Morgan fingerprint density at radius 2 is 2.00 bits per heavy atom. The average Bonchev–Trinajstić information content (AvgIpc) is 2.33. The van der Waals surface area contributed by atoms with E-state index in [0.29, 0.717) is 16.4 Å². The third-order valence-corrected chi connectivity index (χ3v) is 5.16. The second-order valence-electron chi connectivity index (χ2n) is 5.00. The van der Waals surface area contributed by atoms with Crippen LogP contribution in [-0.2, 0) is 0 Å². The van der Waals surface area contributed by atoms with Crippen molar-refractivity contribution in [3.8, 4) is 5.75 Å². The first kappa shape index (κ1) is 12.8. The maximum absolute atomic E-state index is 6.34. The molecule has 2 N–H and O–H groups in total. The number of nitrogens with two attached hydrogens (primary N) is 1. The highest BCUT2D eigenvalue weighted by molar-refractivity contribution is 8.00. The Labute approximate surface area is 108 Å². The summed E-state index contributed by atoms with van der Waals surface area (Å²) in [6.45, 7) is 7.49. The van der Waals surface area contributed by atoms with Crippen molar-refractivity contribution in [2.45, 2.75) is 37.3 Å². The molecule has 0 fully saturated rings. The van der Waals surface area contributed by atoms with Gasteiger partial charge in [-0.2, -0.15) is 0 Å². The molecular weight excluding hydrogens is 230 g/mol. The predicted molar refractivity (Wildman–Crippen MR) is 74.5 cm³/mol. The summed E-state index contributed by atoms with van der Waals surface area (Å²) in [5.41, 5.74) is 7.48. The van der Waals surface area contributed by atoms with Gasteiger partial charge in [0, 0.05) is 16.9 Å². The van der Waals surface area contributed by atoms with Gasteiger partial charge >= 0.3 is 0 Å². The van der Waals surface area contributed by atoms with E-state index in [4.69, 9.17) is 10.5 Å². The average molecular weight is 251 g/mol. The highest BCUT2D eigenvalue weighted by Crippen LogP contribution is 2.38. The van der Waals surface area contributed by atoms with Crippen molar-refractivity contribution in [2.24, 2.45) is 11.7 Å². The summed E-state index contributed by atoms with van der Waals surface area (Å²) >= 11 is 1.95. The van der Waals surface area contributed by atoms with E-state index in [9.17, 15) is 0 Å². The van der Waals surface area contributed by atoms with E-state index in [0.717, 1.165) is 17.9 Å². The van der Waals surface area contributed by atoms with Crippen molar-refractivity contribution in [2.75, 3.05) is 6.61 Å². The quantitative estimate of drug-likeness (QED) is 0.896. The maximum Gasteiger partial charge on any atom is 0.124 e. The molecular formula is C14H21NOS. The van der Waals surface area contributed by atoms with Crippen LogP contribution in [0.1, 0.15) is 32.4 Å². The molecule has 0 saturated carbocycles. The first-order chi connectivity index (χ1) is 8.09. The van der Waals surface area contributed by atoms with Crippen molar-refractivity contribution in [1.82, 2.24) is 0 Å². The van der Waals surface area contributed by atoms with Gasteiger partial charge in [-0.05, 0) is 12.0 Å². The number of ether oxygens (including phenoxy) is 1. The lowest BCUT2D eigenvalue weighted by atomic mass is 10.0. The van der Waals surface area contributed by atoms with E-state index in [2.05, 4.69) is 26.8 Å². The molecule has 1 aliphatic rings. The molecule has 0 spiro atoms. The van der Waals surface area contributed by atoms with Crippen molar-refractivity contribution in [3.63, 3.8) is 0 Å². The number of benzene rings is 1. The highest BCUT2D eigenvalue weighted by atomic mass is 32.2. The fraction of sp³-hybridized carbons (Fsp3) is 0.571. The predicted octanol–water partition coefficient (Wildman–Crippen LogP) is 3.23. The molecule has 2 rings (SSSR count). The van der Waals surface area contributed by atoms with Crippen LogP contribution in [0.2, 0.25) is 0 Å². The normalized spacial score (nSPS) is 25.2. The molecule has 0 aliphatic carbocycles. The largest absolute Gasteiger partial charge is 0.492 e. The van der Waals surface area contributed by atoms with Crippen LogP contribution in [0.4, 0.5) is 0 Å². The lowest BCUT2D eigenvalue weighted by molar-refractivity contribution is 0.275. The molecule has 0 aromatic heterocycles. The summed E-state index contributed by atoms with van der Waals surface area (Å²) in [7, 11) is 0. The molecule has 0 saturated heterocycles. The summed E-state index contributed by atoms with van der Waals surface area (Å²) in [4.78, 5) is 0. The number of hydrogen-bond acceptors (Lipinski definition) is 3. The van der Waals surface area contributed by atoms with Gasteiger partial charge in [0.25, 0.3) is 0 Å². The molecule has 94 valence electrons. The Morgan fingerprint density at radius 1 is 1.29 bits per heavy atom. The molecule has 0 amide bonds. The van der Waals surface area contributed by atoms with Crippen molar-refractivity contribution < 1.29 is 4.74 Å². The minimum Gasteiger partial charge on any atom is -0.492 e. The van der Waals surface area contributed by atoms with Crippen LogP contribution >= 0.6 is 11.8 Å². The minimum atomic E-state index is 0.0890. The second-order valence-corrected chi connectivity index (χ2v) is 6.62. The second kappa shape index (κ2) is 5.32.